The van der Waals surface area contributed by atoms with Gasteiger partial charge in [-0.25, -0.2) is 9.97 Å². The number of anilines is 1. The van der Waals surface area contributed by atoms with Gasteiger partial charge in [-0.2, -0.15) is 21.6 Å². The van der Waals surface area contributed by atoms with E-state index in [0.29, 0.717) is 108 Å². The van der Waals surface area contributed by atoms with E-state index in [1.54, 1.807) is 16.9 Å². The maximum absolute atomic E-state index is 13.6. The Morgan fingerprint density at radius 3 is 0.919 bits per heavy atom. The Kier molecular flexibility index (Phi) is 38.1. The molecule has 0 aliphatic carbocycles. The second kappa shape index (κ2) is 44.5. The lowest BCUT2D eigenvalue weighted by atomic mass is 10.0. The molecule has 86 heavy (non-hydrogen) atoms. The summed E-state index contributed by atoms with van der Waals surface area (Å²) < 4.78 is 107. The Bertz CT molecular complexity index is 2310. The number of nitrogens with one attached hydrogen (secondary N) is 1. The van der Waals surface area contributed by atoms with Gasteiger partial charge in [0, 0.05) is 22.4 Å². The lowest BCUT2D eigenvalue weighted by molar-refractivity contribution is -0.0429. The first kappa shape index (κ1) is 73.5. The van der Waals surface area contributed by atoms with E-state index in [1.165, 1.54) is 128 Å². The van der Waals surface area contributed by atoms with Crippen LogP contribution in [0.1, 0.15) is 273 Å². The minimum atomic E-state index is -5.66. The van der Waals surface area contributed by atoms with E-state index in [9.17, 15) is 21.6 Å². The zero-order chi connectivity index (χ0) is 61.9. The van der Waals surface area contributed by atoms with Gasteiger partial charge < -0.3 is 28.4 Å². The van der Waals surface area contributed by atoms with E-state index in [4.69, 9.17) is 38.4 Å². The Labute approximate surface area is 518 Å². The average Bonchev–Trinajstić information content (AvgIpc) is 2.04. The first-order valence-corrected chi connectivity index (χ1v) is 35.6. The Morgan fingerprint density at radius 2 is 0.616 bits per heavy atom. The summed E-state index contributed by atoms with van der Waals surface area (Å²) in [6, 6.07) is 15.4. The van der Waals surface area contributed by atoms with Crippen molar-refractivity contribution in [1.82, 2.24) is 9.97 Å². The summed E-state index contributed by atoms with van der Waals surface area (Å²) in [7, 11) is -5.66. The van der Waals surface area contributed by atoms with Gasteiger partial charge in [-0.1, -0.05) is 246 Å². The minimum Gasteiger partial charge on any atom is -0.490 e. The lowest BCUT2D eigenvalue weighted by Gasteiger charge is -2.20. The first-order chi connectivity index (χ1) is 41.9. The van der Waals surface area contributed by atoms with Crippen LogP contribution in [0.15, 0.2) is 54.6 Å². The summed E-state index contributed by atoms with van der Waals surface area (Å²) in [6.07, 6.45) is 39.9. The van der Waals surface area contributed by atoms with Crippen LogP contribution < -0.4 is 33.1 Å². The van der Waals surface area contributed by atoms with Gasteiger partial charge in [0.05, 0.1) is 51.0 Å². The number of aromatic nitrogens is 2. The third-order valence-corrected chi connectivity index (χ3v) is 16.7. The van der Waals surface area contributed by atoms with Gasteiger partial charge in [0.1, 0.15) is 0 Å². The Morgan fingerprint density at radius 1 is 0.349 bits per heavy atom. The quantitative estimate of drug-likeness (QED) is 0.0427. The summed E-state index contributed by atoms with van der Waals surface area (Å²) in [5.74, 6) is 3.67. The van der Waals surface area contributed by atoms with Crippen molar-refractivity contribution in [3.63, 3.8) is 0 Å². The molecule has 1 heterocycles. The SMILES string of the molecule is CCCCCCCCOc1cc(-c2cc(-c3ccc(NS(=O)(=O)C(F)(F)F)cc3)nc(-c3cc(OCCCCCCCC)c(OCCCCCCCC)c(OCCCCCCCC)c3)n2)cc(OCCCCCCCC)c1OCCCCCCCC. The molecule has 0 aliphatic rings. The van der Waals surface area contributed by atoms with E-state index in [2.05, 4.69) is 41.5 Å². The number of unbranched alkanes of at least 4 members (excludes halogenated alkanes) is 30. The first-order valence-electron chi connectivity index (χ1n) is 34.1. The topological polar surface area (TPSA) is 127 Å². The molecule has 4 rings (SSSR count). The van der Waals surface area contributed by atoms with Crippen molar-refractivity contribution in [3.05, 3.63) is 54.6 Å². The molecule has 1 N–H and O–H groups in total. The molecule has 4 aromatic rings. The molecular weight excluding hydrogens is 1110 g/mol. The standard InChI is InChI=1S/C71H112F3N3O8S/c1-7-13-19-25-31-37-47-80-64-53-59(54-65(81-48-38-32-26-20-14-8-2)68(64)84-51-41-35-29-23-17-11-5)63-57-62(58-43-45-61(46-44-58)77-86(78,79)71(72,73)74)75-70(76-63)60-55-66(82-49-39-33-27-21-15-9-3)69(85-52-42-36-30-24-18-12-6)67(56-60)83-50-40-34-28-22-16-10-4/h43-46,53-57,77H,7-42,47-52H2,1-6H3. The van der Waals surface area contributed by atoms with E-state index in [0.717, 1.165) is 116 Å². The molecule has 0 saturated carbocycles. The van der Waals surface area contributed by atoms with Crippen molar-refractivity contribution in [2.75, 3.05) is 44.4 Å². The fraction of sp³-hybridized carbons (Fsp3) is 0.690. The predicted molar refractivity (Wildman–Crippen MR) is 350 cm³/mol. The van der Waals surface area contributed by atoms with Gasteiger partial charge in [-0.15, -0.1) is 0 Å². The molecule has 0 aliphatic heterocycles. The van der Waals surface area contributed by atoms with E-state index in [-0.39, 0.29) is 5.69 Å². The predicted octanol–water partition coefficient (Wildman–Crippen LogP) is 22.2. The largest absolute Gasteiger partial charge is 0.516 e. The summed E-state index contributed by atoms with van der Waals surface area (Å²) in [5.41, 5.74) is -2.96. The molecule has 3 aromatic carbocycles. The summed E-state index contributed by atoms with van der Waals surface area (Å²) in [6.45, 7) is 16.3. The van der Waals surface area contributed by atoms with Crippen LogP contribution in [-0.4, -0.2) is 63.5 Å². The number of alkyl halides is 3. The normalized spacial score (nSPS) is 11.7. The van der Waals surface area contributed by atoms with Crippen LogP contribution in [0.5, 0.6) is 34.5 Å². The van der Waals surface area contributed by atoms with Gasteiger partial charge in [0.15, 0.2) is 28.8 Å². The van der Waals surface area contributed by atoms with Crippen LogP contribution in [-0.2, 0) is 10.0 Å². The highest BCUT2D eigenvalue weighted by Gasteiger charge is 2.46. The summed E-state index contributed by atoms with van der Waals surface area (Å²) in [5, 5.41) is 0. The van der Waals surface area contributed by atoms with Crippen molar-refractivity contribution < 1.29 is 50.0 Å². The smallest absolute Gasteiger partial charge is 0.490 e. The summed E-state index contributed by atoms with van der Waals surface area (Å²) >= 11 is 0. The van der Waals surface area contributed by atoms with E-state index in [1.807, 2.05) is 30.3 Å². The molecule has 1 aromatic heterocycles. The molecule has 0 amide bonds. The Hall–Kier alpha value is -4.92. The Balaban J connectivity index is 1.97. The van der Waals surface area contributed by atoms with Gasteiger partial charge in [-0.3, -0.25) is 4.72 Å². The summed E-state index contributed by atoms with van der Waals surface area (Å²) in [4.78, 5) is 10.6. The van der Waals surface area contributed by atoms with Crippen LogP contribution in [0.3, 0.4) is 0 Å². The van der Waals surface area contributed by atoms with Gasteiger partial charge in [0.25, 0.3) is 0 Å². The maximum atomic E-state index is 13.6. The maximum Gasteiger partial charge on any atom is 0.516 e. The van der Waals surface area contributed by atoms with Crippen LogP contribution in [0.2, 0.25) is 0 Å². The number of benzene rings is 3. The van der Waals surface area contributed by atoms with E-state index >= 15 is 0 Å². The highest BCUT2D eigenvalue weighted by atomic mass is 32.2. The minimum absolute atomic E-state index is 0.243. The van der Waals surface area contributed by atoms with Crippen molar-refractivity contribution in [2.24, 2.45) is 0 Å². The highest BCUT2D eigenvalue weighted by molar-refractivity contribution is 7.93. The molecule has 0 fully saturated rings. The molecule has 0 bridgehead atoms. The lowest BCUT2D eigenvalue weighted by Crippen LogP contribution is -2.29. The fourth-order valence-electron chi connectivity index (χ4n) is 10.3. The van der Waals surface area contributed by atoms with Crippen LogP contribution in [0, 0.1) is 0 Å². The molecule has 486 valence electrons. The van der Waals surface area contributed by atoms with Crippen LogP contribution in [0.4, 0.5) is 18.9 Å². The average molecular weight is 1220 g/mol. The number of rotatable bonds is 53. The zero-order valence-corrected chi connectivity index (χ0v) is 54.9. The van der Waals surface area contributed by atoms with Gasteiger partial charge >= 0.3 is 15.5 Å². The van der Waals surface area contributed by atoms with Crippen LogP contribution in [0.25, 0.3) is 33.9 Å². The van der Waals surface area contributed by atoms with Crippen molar-refractivity contribution in [1.29, 1.82) is 0 Å². The van der Waals surface area contributed by atoms with Crippen molar-refractivity contribution in [3.8, 4) is 68.4 Å². The highest BCUT2D eigenvalue weighted by Crippen LogP contribution is 2.45. The molecule has 0 radical (unpaired) electrons. The molecular formula is C71H112F3N3O8S. The van der Waals surface area contributed by atoms with Crippen molar-refractivity contribution in [2.45, 2.75) is 278 Å². The van der Waals surface area contributed by atoms with Crippen LogP contribution >= 0.6 is 0 Å². The van der Waals surface area contributed by atoms with Gasteiger partial charge in [-0.05, 0) is 81.0 Å². The molecule has 0 saturated heterocycles. The van der Waals surface area contributed by atoms with Gasteiger partial charge in [0.2, 0.25) is 11.5 Å². The number of ether oxygens (including phenoxy) is 6. The monoisotopic (exact) mass is 1220 g/mol. The number of nitrogens with zero attached hydrogens (tertiary/aromatic N) is 2. The second-order valence-electron chi connectivity index (χ2n) is 23.4. The number of sulfonamides is 1. The fourth-order valence-corrected chi connectivity index (χ4v) is 10.9. The number of hydrogen-bond acceptors (Lipinski definition) is 10. The second-order valence-corrected chi connectivity index (χ2v) is 25.1. The molecule has 15 heteroatoms. The molecule has 11 nitrogen and oxygen atoms in total. The third-order valence-electron chi connectivity index (χ3n) is 15.6. The third kappa shape index (κ3) is 28.9. The molecule has 0 unspecified atom stereocenters. The zero-order valence-electron chi connectivity index (χ0n) is 54.1. The molecule has 0 spiro atoms. The molecule has 0 atom stereocenters. The van der Waals surface area contributed by atoms with Crippen molar-refractivity contribution >= 4 is 15.7 Å². The van der Waals surface area contributed by atoms with E-state index < -0.39 is 15.5 Å². The number of halogens is 3. The number of hydrogen-bond donors (Lipinski definition) is 1.